The van der Waals surface area contributed by atoms with Crippen molar-refractivity contribution >= 4 is 5.71 Å². The Balaban J connectivity index is 2.64. The highest BCUT2D eigenvalue weighted by Gasteiger charge is 2.35. The van der Waals surface area contributed by atoms with Gasteiger partial charge in [0.1, 0.15) is 5.82 Å². The van der Waals surface area contributed by atoms with E-state index in [9.17, 15) is 0 Å². The first-order chi connectivity index (χ1) is 5.51. The maximum atomic E-state index is 4.33. The third kappa shape index (κ3) is 0.748. The lowest BCUT2D eigenvalue weighted by Crippen LogP contribution is -2.24. The second kappa shape index (κ2) is 1.94. The molecule has 0 saturated carbocycles. The van der Waals surface area contributed by atoms with E-state index in [0.29, 0.717) is 0 Å². The van der Waals surface area contributed by atoms with Gasteiger partial charge in [-0.25, -0.2) is 4.98 Å². The zero-order valence-electron chi connectivity index (χ0n) is 7.79. The van der Waals surface area contributed by atoms with Gasteiger partial charge in [-0.15, -0.1) is 9.89 Å². The van der Waals surface area contributed by atoms with Gasteiger partial charge in [-0.3, -0.25) is 0 Å². The molecular formula is C8H12N4. The van der Waals surface area contributed by atoms with Crippen LogP contribution in [0, 0.1) is 6.92 Å². The Morgan fingerprint density at radius 3 is 2.50 bits per heavy atom. The second-order valence-corrected chi connectivity index (χ2v) is 3.68. The standard InChI is InChI=1S/C8H12N4/c1-5-8(3,4)7-9-6(2)11-12(7)10-5/h1-4H3. The number of aromatic nitrogens is 3. The summed E-state index contributed by atoms with van der Waals surface area (Å²) in [5.74, 6) is 1.73. The first-order valence-corrected chi connectivity index (χ1v) is 4.02. The van der Waals surface area contributed by atoms with Crippen LogP contribution in [0.15, 0.2) is 5.10 Å². The van der Waals surface area contributed by atoms with Gasteiger partial charge >= 0.3 is 0 Å². The predicted octanol–water partition coefficient (Wildman–Crippen LogP) is 1.10. The summed E-state index contributed by atoms with van der Waals surface area (Å²) in [6.45, 7) is 8.11. The number of hydrogen-bond acceptors (Lipinski definition) is 3. The minimum atomic E-state index is -0.0543. The molecule has 12 heavy (non-hydrogen) atoms. The van der Waals surface area contributed by atoms with Crippen LogP contribution >= 0.6 is 0 Å². The molecule has 0 N–H and O–H groups in total. The highest BCUT2D eigenvalue weighted by atomic mass is 15.6. The van der Waals surface area contributed by atoms with E-state index < -0.39 is 0 Å². The molecule has 0 amide bonds. The molecule has 0 saturated heterocycles. The molecular weight excluding hydrogens is 152 g/mol. The van der Waals surface area contributed by atoms with Crippen molar-refractivity contribution in [1.82, 2.24) is 14.9 Å². The minimum absolute atomic E-state index is 0.0543. The summed E-state index contributed by atoms with van der Waals surface area (Å²) < 4.78 is 0. The third-order valence-electron chi connectivity index (χ3n) is 2.40. The van der Waals surface area contributed by atoms with Crippen molar-refractivity contribution in [3.05, 3.63) is 11.6 Å². The van der Waals surface area contributed by atoms with Crippen molar-refractivity contribution in [1.29, 1.82) is 0 Å². The van der Waals surface area contributed by atoms with E-state index in [0.717, 1.165) is 17.4 Å². The Bertz CT molecular complexity index is 359. The van der Waals surface area contributed by atoms with E-state index in [2.05, 4.69) is 29.0 Å². The zero-order chi connectivity index (χ0) is 8.93. The fourth-order valence-electron chi connectivity index (χ4n) is 1.29. The van der Waals surface area contributed by atoms with Crippen molar-refractivity contribution in [2.75, 3.05) is 0 Å². The van der Waals surface area contributed by atoms with Crippen LogP contribution in [0.3, 0.4) is 0 Å². The first-order valence-electron chi connectivity index (χ1n) is 4.02. The van der Waals surface area contributed by atoms with Crippen molar-refractivity contribution in [2.24, 2.45) is 5.10 Å². The van der Waals surface area contributed by atoms with Crippen LogP contribution in [0.2, 0.25) is 0 Å². The highest BCUT2D eigenvalue weighted by Crippen LogP contribution is 2.28. The lowest BCUT2D eigenvalue weighted by Gasteiger charge is -2.14. The van der Waals surface area contributed by atoms with Gasteiger partial charge in [0.15, 0.2) is 5.82 Å². The van der Waals surface area contributed by atoms with Gasteiger partial charge in [-0.2, -0.15) is 5.10 Å². The lowest BCUT2D eigenvalue weighted by molar-refractivity contribution is 0.634. The number of aryl methyl sites for hydroxylation is 1. The van der Waals surface area contributed by atoms with Gasteiger partial charge in [0, 0.05) is 0 Å². The van der Waals surface area contributed by atoms with Crippen LogP contribution < -0.4 is 0 Å². The highest BCUT2D eigenvalue weighted by molar-refractivity contribution is 5.92. The van der Waals surface area contributed by atoms with Gasteiger partial charge in [0.2, 0.25) is 0 Å². The maximum Gasteiger partial charge on any atom is 0.164 e. The van der Waals surface area contributed by atoms with Crippen LogP contribution in [0.25, 0.3) is 0 Å². The van der Waals surface area contributed by atoms with Crippen LogP contribution in [0.1, 0.15) is 32.4 Å². The lowest BCUT2D eigenvalue weighted by atomic mass is 9.88. The molecule has 2 heterocycles. The van der Waals surface area contributed by atoms with Gasteiger partial charge < -0.3 is 0 Å². The van der Waals surface area contributed by atoms with Crippen molar-refractivity contribution in [3.63, 3.8) is 0 Å². The van der Waals surface area contributed by atoms with Crippen molar-refractivity contribution in [3.8, 4) is 0 Å². The first kappa shape index (κ1) is 7.46. The normalized spacial score (nSPS) is 19.2. The summed E-state index contributed by atoms with van der Waals surface area (Å²) in [5, 5.41) is 8.44. The molecule has 0 radical (unpaired) electrons. The summed E-state index contributed by atoms with van der Waals surface area (Å²) in [6.07, 6.45) is 0. The molecule has 4 heteroatoms. The Morgan fingerprint density at radius 2 is 1.92 bits per heavy atom. The SMILES string of the molecule is CC1=Nn2nc(C)nc2C1(C)C. The fraction of sp³-hybridized carbons (Fsp3) is 0.625. The molecule has 2 rings (SSSR count). The van der Waals surface area contributed by atoms with E-state index in [1.165, 1.54) is 0 Å². The minimum Gasteiger partial charge on any atom is -0.214 e. The van der Waals surface area contributed by atoms with Crippen LogP contribution in [0.5, 0.6) is 0 Å². The largest absolute Gasteiger partial charge is 0.214 e. The van der Waals surface area contributed by atoms with Crippen LogP contribution in [0.4, 0.5) is 0 Å². The summed E-state index contributed by atoms with van der Waals surface area (Å²) >= 11 is 0. The number of rotatable bonds is 0. The van der Waals surface area contributed by atoms with E-state index in [1.54, 1.807) is 4.79 Å². The molecule has 1 aliphatic heterocycles. The molecule has 0 bridgehead atoms. The summed E-state index contributed by atoms with van der Waals surface area (Å²) in [6, 6.07) is 0. The second-order valence-electron chi connectivity index (χ2n) is 3.68. The smallest absolute Gasteiger partial charge is 0.164 e. The number of hydrogen-bond donors (Lipinski definition) is 0. The Morgan fingerprint density at radius 1 is 1.25 bits per heavy atom. The Kier molecular flexibility index (Phi) is 1.21. The third-order valence-corrected chi connectivity index (χ3v) is 2.40. The van der Waals surface area contributed by atoms with Gasteiger partial charge in [0.25, 0.3) is 0 Å². The van der Waals surface area contributed by atoms with Crippen LogP contribution in [-0.2, 0) is 5.41 Å². The topological polar surface area (TPSA) is 43.1 Å². The van der Waals surface area contributed by atoms with Gasteiger partial charge in [0.05, 0.1) is 11.1 Å². The summed E-state index contributed by atoms with van der Waals surface area (Å²) in [4.78, 5) is 5.96. The molecule has 0 atom stereocenters. The van der Waals surface area contributed by atoms with Gasteiger partial charge in [-0.1, -0.05) is 0 Å². The molecule has 1 aromatic rings. The average Bonchev–Trinajstić information content (AvgIpc) is 2.38. The molecule has 1 aromatic heterocycles. The Hall–Kier alpha value is -1.19. The van der Waals surface area contributed by atoms with Gasteiger partial charge in [-0.05, 0) is 27.7 Å². The summed E-state index contributed by atoms with van der Waals surface area (Å²) in [5.41, 5.74) is 1.01. The van der Waals surface area contributed by atoms with E-state index in [-0.39, 0.29) is 5.41 Å². The van der Waals surface area contributed by atoms with Crippen molar-refractivity contribution < 1.29 is 0 Å². The van der Waals surface area contributed by atoms with E-state index in [1.807, 2.05) is 13.8 Å². The molecule has 0 aliphatic carbocycles. The molecule has 0 unspecified atom stereocenters. The molecule has 4 nitrogen and oxygen atoms in total. The Labute approximate surface area is 71.3 Å². The quantitative estimate of drug-likeness (QED) is 0.576. The van der Waals surface area contributed by atoms with E-state index in [4.69, 9.17) is 0 Å². The molecule has 0 fully saturated rings. The predicted molar refractivity (Wildman–Crippen MR) is 46.3 cm³/mol. The maximum absolute atomic E-state index is 4.33. The average molecular weight is 164 g/mol. The van der Waals surface area contributed by atoms with Crippen molar-refractivity contribution in [2.45, 2.75) is 33.1 Å². The molecule has 0 spiro atoms. The molecule has 1 aliphatic rings. The molecule has 64 valence electrons. The number of fused-ring (bicyclic) bond motifs is 1. The van der Waals surface area contributed by atoms with Crippen LogP contribution in [-0.4, -0.2) is 20.6 Å². The monoisotopic (exact) mass is 164 g/mol. The number of nitrogens with zero attached hydrogens (tertiary/aromatic N) is 4. The fourth-order valence-corrected chi connectivity index (χ4v) is 1.29. The van der Waals surface area contributed by atoms with E-state index >= 15 is 0 Å². The summed E-state index contributed by atoms with van der Waals surface area (Å²) in [7, 11) is 0. The zero-order valence-corrected chi connectivity index (χ0v) is 7.79. The molecule has 0 aromatic carbocycles.